The normalized spacial score (nSPS) is 14.2. The van der Waals surface area contributed by atoms with Gasteiger partial charge in [0.25, 0.3) is 5.91 Å². The van der Waals surface area contributed by atoms with Crippen LogP contribution in [0.4, 0.5) is 5.82 Å². The van der Waals surface area contributed by atoms with Crippen molar-refractivity contribution in [2.75, 3.05) is 31.2 Å². The molecule has 1 fully saturated rings. The molecule has 1 saturated heterocycles. The summed E-state index contributed by atoms with van der Waals surface area (Å²) < 4.78 is 5.36. The van der Waals surface area contributed by atoms with Gasteiger partial charge in [0.2, 0.25) is 5.43 Å². The number of carbonyl (C=O) groups is 1. The number of halogens is 1. The van der Waals surface area contributed by atoms with Gasteiger partial charge in [0.05, 0.1) is 18.7 Å². The van der Waals surface area contributed by atoms with Gasteiger partial charge in [0.15, 0.2) is 0 Å². The molecular weight excluding hydrogens is 380 g/mol. The van der Waals surface area contributed by atoms with Gasteiger partial charge in [-0.05, 0) is 29.8 Å². The SMILES string of the molecule is O=C(NCc1ccc(Cl)cc1)c1c[nH]c2ccc(N3CCOCC3)nc2c1=O. The number of aromatic amines is 1. The van der Waals surface area contributed by atoms with Crippen molar-refractivity contribution in [2.45, 2.75) is 6.54 Å². The van der Waals surface area contributed by atoms with Crippen molar-refractivity contribution >= 4 is 34.4 Å². The number of benzene rings is 1. The predicted molar refractivity (Wildman–Crippen MR) is 108 cm³/mol. The summed E-state index contributed by atoms with van der Waals surface area (Å²) in [6.07, 6.45) is 1.43. The lowest BCUT2D eigenvalue weighted by Crippen LogP contribution is -2.37. The molecule has 0 radical (unpaired) electrons. The van der Waals surface area contributed by atoms with Crippen molar-refractivity contribution in [3.05, 3.63) is 69.0 Å². The number of amides is 1. The molecular formula is C20H19ClN4O3. The second kappa shape index (κ2) is 8.00. The number of hydrogen-bond acceptors (Lipinski definition) is 5. The van der Waals surface area contributed by atoms with Gasteiger partial charge in [-0.15, -0.1) is 0 Å². The molecule has 3 heterocycles. The maximum atomic E-state index is 12.9. The Labute approximate surface area is 166 Å². The average molecular weight is 399 g/mol. The monoisotopic (exact) mass is 398 g/mol. The first-order valence-electron chi connectivity index (χ1n) is 8.99. The third-order valence-electron chi connectivity index (χ3n) is 4.66. The number of hydrogen-bond donors (Lipinski definition) is 2. The Morgan fingerprint density at radius 2 is 1.93 bits per heavy atom. The third kappa shape index (κ3) is 3.85. The zero-order valence-corrected chi connectivity index (χ0v) is 15.8. The van der Waals surface area contributed by atoms with Crippen molar-refractivity contribution in [3.8, 4) is 0 Å². The largest absolute Gasteiger partial charge is 0.378 e. The minimum Gasteiger partial charge on any atom is -0.378 e. The number of nitrogens with zero attached hydrogens (tertiary/aromatic N) is 2. The molecule has 7 nitrogen and oxygen atoms in total. The molecule has 1 amide bonds. The number of fused-ring (bicyclic) bond motifs is 1. The first-order valence-corrected chi connectivity index (χ1v) is 9.37. The van der Waals surface area contributed by atoms with E-state index in [1.807, 2.05) is 24.3 Å². The second-order valence-corrected chi connectivity index (χ2v) is 6.94. The van der Waals surface area contributed by atoms with Crippen LogP contribution in [0.2, 0.25) is 5.02 Å². The minimum absolute atomic E-state index is 0.0353. The quantitative estimate of drug-likeness (QED) is 0.704. The fourth-order valence-electron chi connectivity index (χ4n) is 3.10. The molecule has 2 aromatic heterocycles. The maximum Gasteiger partial charge on any atom is 0.257 e. The van der Waals surface area contributed by atoms with Gasteiger partial charge in [0, 0.05) is 30.9 Å². The van der Waals surface area contributed by atoms with E-state index in [9.17, 15) is 9.59 Å². The van der Waals surface area contributed by atoms with Crippen LogP contribution >= 0.6 is 11.6 Å². The van der Waals surface area contributed by atoms with Crippen molar-refractivity contribution < 1.29 is 9.53 Å². The summed E-state index contributed by atoms with van der Waals surface area (Å²) >= 11 is 5.87. The lowest BCUT2D eigenvalue weighted by atomic mass is 10.2. The Bertz CT molecular complexity index is 1060. The Balaban J connectivity index is 1.58. The van der Waals surface area contributed by atoms with Crippen LogP contribution in [0.15, 0.2) is 47.4 Å². The standard InChI is InChI=1S/C20H19ClN4O3/c21-14-3-1-13(2-4-14)11-23-20(27)15-12-22-16-5-6-17(24-18(16)19(15)26)25-7-9-28-10-8-25/h1-6,12H,7-11H2,(H,22,26)(H,23,27). The number of aromatic nitrogens is 2. The number of H-pyrrole nitrogens is 1. The molecule has 2 N–H and O–H groups in total. The zero-order valence-electron chi connectivity index (χ0n) is 15.1. The molecule has 0 spiro atoms. The number of pyridine rings is 2. The van der Waals surface area contributed by atoms with Crippen LogP contribution in [-0.4, -0.2) is 42.2 Å². The molecule has 8 heteroatoms. The van der Waals surface area contributed by atoms with E-state index in [4.69, 9.17) is 16.3 Å². The lowest BCUT2D eigenvalue weighted by molar-refractivity contribution is 0.0949. The fourth-order valence-corrected chi connectivity index (χ4v) is 3.22. The highest BCUT2D eigenvalue weighted by Gasteiger charge is 2.17. The van der Waals surface area contributed by atoms with E-state index in [0.29, 0.717) is 36.1 Å². The van der Waals surface area contributed by atoms with Crippen LogP contribution in [0.3, 0.4) is 0 Å². The van der Waals surface area contributed by atoms with E-state index in [-0.39, 0.29) is 11.1 Å². The number of carbonyl (C=O) groups excluding carboxylic acids is 1. The van der Waals surface area contributed by atoms with Crippen LogP contribution in [0.25, 0.3) is 11.0 Å². The molecule has 0 atom stereocenters. The van der Waals surface area contributed by atoms with Crippen molar-refractivity contribution in [3.63, 3.8) is 0 Å². The van der Waals surface area contributed by atoms with E-state index in [1.165, 1.54) is 6.20 Å². The summed E-state index contributed by atoms with van der Waals surface area (Å²) in [7, 11) is 0. The van der Waals surface area contributed by atoms with Gasteiger partial charge in [-0.1, -0.05) is 23.7 Å². The van der Waals surface area contributed by atoms with Gasteiger partial charge in [0.1, 0.15) is 16.9 Å². The minimum atomic E-state index is -0.448. The van der Waals surface area contributed by atoms with Crippen molar-refractivity contribution in [1.82, 2.24) is 15.3 Å². The van der Waals surface area contributed by atoms with E-state index in [2.05, 4.69) is 20.2 Å². The number of morpholine rings is 1. The first kappa shape index (κ1) is 18.5. The average Bonchev–Trinajstić information content (AvgIpc) is 2.74. The van der Waals surface area contributed by atoms with Crippen LogP contribution in [0.1, 0.15) is 15.9 Å². The molecule has 3 aromatic rings. The molecule has 0 aliphatic carbocycles. The smallest absolute Gasteiger partial charge is 0.257 e. The van der Waals surface area contributed by atoms with Gasteiger partial charge >= 0.3 is 0 Å². The molecule has 0 unspecified atom stereocenters. The van der Waals surface area contributed by atoms with E-state index >= 15 is 0 Å². The molecule has 0 bridgehead atoms. The van der Waals surface area contributed by atoms with Crippen LogP contribution in [0.5, 0.6) is 0 Å². The highest BCUT2D eigenvalue weighted by atomic mass is 35.5. The highest BCUT2D eigenvalue weighted by molar-refractivity contribution is 6.30. The summed E-state index contributed by atoms with van der Waals surface area (Å²) in [5, 5.41) is 3.39. The summed E-state index contributed by atoms with van der Waals surface area (Å²) in [6, 6.07) is 10.8. The first-order chi connectivity index (χ1) is 13.6. The summed E-state index contributed by atoms with van der Waals surface area (Å²) in [5.74, 6) is 0.261. The number of nitrogens with one attached hydrogen (secondary N) is 2. The van der Waals surface area contributed by atoms with Gasteiger partial charge in [-0.3, -0.25) is 9.59 Å². The van der Waals surface area contributed by atoms with E-state index in [0.717, 1.165) is 18.7 Å². The number of rotatable bonds is 4. The number of ether oxygens (including phenoxy) is 1. The third-order valence-corrected chi connectivity index (χ3v) is 4.91. The molecule has 28 heavy (non-hydrogen) atoms. The van der Waals surface area contributed by atoms with E-state index in [1.54, 1.807) is 12.1 Å². The van der Waals surface area contributed by atoms with Gasteiger partial charge in [-0.25, -0.2) is 4.98 Å². The molecule has 144 valence electrons. The van der Waals surface area contributed by atoms with Crippen LogP contribution in [0, 0.1) is 0 Å². The van der Waals surface area contributed by atoms with Crippen LogP contribution in [-0.2, 0) is 11.3 Å². The number of anilines is 1. The Morgan fingerprint density at radius 3 is 2.68 bits per heavy atom. The van der Waals surface area contributed by atoms with Gasteiger partial charge < -0.3 is 19.9 Å². The lowest BCUT2D eigenvalue weighted by Gasteiger charge is -2.27. The summed E-state index contributed by atoms with van der Waals surface area (Å²) in [5.41, 5.74) is 1.38. The van der Waals surface area contributed by atoms with E-state index < -0.39 is 11.3 Å². The Morgan fingerprint density at radius 1 is 1.18 bits per heavy atom. The fraction of sp³-hybridized carbons (Fsp3) is 0.250. The Hall–Kier alpha value is -2.90. The molecule has 0 saturated carbocycles. The zero-order chi connectivity index (χ0) is 19.5. The Kier molecular flexibility index (Phi) is 5.27. The second-order valence-electron chi connectivity index (χ2n) is 6.51. The van der Waals surface area contributed by atoms with Crippen molar-refractivity contribution in [1.29, 1.82) is 0 Å². The molecule has 1 aliphatic rings. The maximum absolute atomic E-state index is 12.9. The van der Waals surface area contributed by atoms with Crippen LogP contribution < -0.4 is 15.6 Å². The molecule has 4 rings (SSSR count). The van der Waals surface area contributed by atoms with Gasteiger partial charge in [-0.2, -0.15) is 0 Å². The molecule has 1 aromatic carbocycles. The highest BCUT2D eigenvalue weighted by Crippen LogP contribution is 2.16. The molecule has 1 aliphatic heterocycles. The summed E-state index contributed by atoms with van der Waals surface area (Å²) in [4.78, 5) is 34.9. The predicted octanol–water partition coefficient (Wildman–Crippen LogP) is 2.34. The van der Waals surface area contributed by atoms with Crippen molar-refractivity contribution in [2.24, 2.45) is 0 Å². The summed E-state index contributed by atoms with van der Waals surface area (Å²) in [6.45, 7) is 3.00. The topological polar surface area (TPSA) is 87.3 Å².